The number of methoxy groups -OCH3 is 1. The normalized spacial score (nSPS) is 12.8. The summed E-state index contributed by atoms with van der Waals surface area (Å²) in [6, 6.07) is 6.42. The summed E-state index contributed by atoms with van der Waals surface area (Å²) < 4.78 is 7.65. The molecule has 0 spiro atoms. The zero-order valence-electron chi connectivity index (χ0n) is 12.2. The second-order valence-electron chi connectivity index (χ2n) is 4.69. The number of rotatable bonds is 7. The van der Waals surface area contributed by atoms with Crippen LogP contribution < -0.4 is 4.74 Å². The summed E-state index contributed by atoms with van der Waals surface area (Å²) in [7, 11) is 1.68. The molecule has 3 nitrogen and oxygen atoms in total. The highest BCUT2D eigenvalue weighted by atomic mass is 35.5. The largest absolute Gasteiger partial charge is 0.494 e. The van der Waals surface area contributed by atoms with E-state index in [0.29, 0.717) is 11.9 Å². The third-order valence-corrected chi connectivity index (χ3v) is 4.59. The van der Waals surface area contributed by atoms with Gasteiger partial charge in [0.1, 0.15) is 17.1 Å². The van der Waals surface area contributed by atoms with Crippen molar-refractivity contribution in [2.75, 3.05) is 18.6 Å². The third kappa shape index (κ3) is 3.07. The number of benzene rings is 1. The second-order valence-corrected chi connectivity index (χ2v) is 6.36. The van der Waals surface area contributed by atoms with E-state index >= 15 is 0 Å². The zero-order chi connectivity index (χ0) is 14.5. The van der Waals surface area contributed by atoms with E-state index in [0.717, 1.165) is 40.5 Å². The number of hydrogen-bond donors (Lipinski definition) is 0. The molecule has 2 rings (SSSR count). The van der Waals surface area contributed by atoms with E-state index in [1.807, 2.05) is 23.9 Å². The SMILES string of the molecule is CCSCCC(C)n1c(CCl)nc2c(OC)cccc21. The topological polar surface area (TPSA) is 27.1 Å². The summed E-state index contributed by atoms with van der Waals surface area (Å²) in [6.45, 7) is 4.42. The van der Waals surface area contributed by atoms with Gasteiger partial charge in [-0.1, -0.05) is 13.0 Å². The molecule has 1 atom stereocenters. The molecule has 0 fully saturated rings. The number of thioether (sulfide) groups is 1. The Labute approximate surface area is 129 Å². The number of para-hydroxylation sites is 1. The van der Waals surface area contributed by atoms with Crippen LogP contribution in [0.2, 0.25) is 0 Å². The Morgan fingerprint density at radius 2 is 2.25 bits per heavy atom. The van der Waals surface area contributed by atoms with Crippen molar-refractivity contribution in [2.45, 2.75) is 32.2 Å². The average Bonchev–Trinajstić information content (AvgIpc) is 2.85. The first kappa shape index (κ1) is 15.5. The Hall–Kier alpha value is -0.870. The lowest BCUT2D eigenvalue weighted by atomic mass is 10.2. The van der Waals surface area contributed by atoms with Crippen molar-refractivity contribution in [3.63, 3.8) is 0 Å². The van der Waals surface area contributed by atoms with E-state index in [1.165, 1.54) is 0 Å². The van der Waals surface area contributed by atoms with E-state index in [9.17, 15) is 0 Å². The summed E-state index contributed by atoms with van der Waals surface area (Å²) in [6.07, 6.45) is 1.12. The molecule has 0 radical (unpaired) electrons. The van der Waals surface area contributed by atoms with Crippen molar-refractivity contribution in [3.8, 4) is 5.75 Å². The number of imidazole rings is 1. The Morgan fingerprint density at radius 3 is 2.90 bits per heavy atom. The fraction of sp³-hybridized carbons (Fsp3) is 0.533. The second kappa shape index (κ2) is 7.23. The Bertz CT molecular complexity index is 570. The van der Waals surface area contributed by atoms with Crippen LogP contribution in [0.4, 0.5) is 0 Å². The van der Waals surface area contributed by atoms with Gasteiger partial charge in [0.25, 0.3) is 0 Å². The first-order valence-corrected chi connectivity index (χ1v) is 8.59. The molecule has 0 aliphatic heterocycles. The minimum absolute atomic E-state index is 0.389. The summed E-state index contributed by atoms with van der Waals surface area (Å²) >= 11 is 8.04. The predicted octanol–water partition coefficient (Wildman–Crippen LogP) is 4.49. The zero-order valence-corrected chi connectivity index (χ0v) is 13.8. The van der Waals surface area contributed by atoms with Crippen molar-refractivity contribution in [1.29, 1.82) is 0 Å². The molecule has 0 aliphatic carbocycles. The first-order valence-electron chi connectivity index (χ1n) is 6.90. The van der Waals surface area contributed by atoms with Crippen molar-refractivity contribution in [1.82, 2.24) is 9.55 Å². The van der Waals surface area contributed by atoms with Gasteiger partial charge in [-0.15, -0.1) is 11.6 Å². The summed E-state index contributed by atoms with van der Waals surface area (Å²) in [5, 5.41) is 0. The molecule has 0 saturated heterocycles. The van der Waals surface area contributed by atoms with Crippen LogP contribution in [0.25, 0.3) is 11.0 Å². The fourth-order valence-electron chi connectivity index (χ4n) is 2.42. The number of alkyl halides is 1. The Kier molecular flexibility index (Phi) is 5.61. The minimum Gasteiger partial charge on any atom is -0.494 e. The molecular weight excluding hydrogens is 292 g/mol. The molecule has 5 heteroatoms. The van der Waals surface area contributed by atoms with E-state index in [-0.39, 0.29) is 0 Å². The maximum absolute atomic E-state index is 6.08. The van der Waals surface area contributed by atoms with Crippen LogP contribution in [-0.4, -0.2) is 28.2 Å². The Morgan fingerprint density at radius 1 is 1.45 bits per heavy atom. The van der Waals surface area contributed by atoms with Gasteiger partial charge >= 0.3 is 0 Å². The molecule has 1 aromatic heterocycles. The van der Waals surface area contributed by atoms with Gasteiger partial charge in [-0.3, -0.25) is 0 Å². The van der Waals surface area contributed by atoms with Crippen molar-refractivity contribution in [3.05, 3.63) is 24.0 Å². The van der Waals surface area contributed by atoms with Gasteiger partial charge in [0, 0.05) is 6.04 Å². The highest BCUT2D eigenvalue weighted by Gasteiger charge is 2.17. The number of fused-ring (bicyclic) bond motifs is 1. The maximum atomic E-state index is 6.08. The molecule has 0 saturated carbocycles. The minimum atomic E-state index is 0.389. The molecule has 1 heterocycles. The van der Waals surface area contributed by atoms with Gasteiger partial charge in [0.05, 0.1) is 18.5 Å². The van der Waals surface area contributed by atoms with Gasteiger partial charge in [0.2, 0.25) is 0 Å². The van der Waals surface area contributed by atoms with E-state index in [1.54, 1.807) is 7.11 Å². The highest BCUT2D eigenvalue weighted by Crippen LogP contribution is 2.30. The molecule has 0 N–H and O–H groups in total. The molecule has 20 heavy (non-hydrogen) atoms. The molecule has 1 aromatic carbocycles. The van der Waals surface area contributed by atoms with Crippen molar-refractivity contribution < 1.29 is 4.74 Å². The number of nitrogens with zero attached hydrogens (tertiary/aromatic N) is 2. The Balaban J connectivity index is 2.40. The molecule has 1 unspecified atom stereocenters. The lowest BCUT2D eigenvalue weighted by Gasteiger charge is -2.16. The highest BCUT2D eigenvalue weighted by molar-refractivity contribution is 7.99. The van der Waals surface area contributed by atoms with Gasteiger partial charge in [0.15, 0.2) is 0 Å². The number of halogens is 1. The van der Waals surface area contributed by atoms with E-state index in [4.69, 9.17) is 16.3 Å². The van der Waals surface area contributed by atoms with Crippen LogP contribution in [0.15, 0.2) is 18.2 Å². The number of ether oxygens (including phenoxy) is 1. The van der Waals surface area contributed by atoms with Crippen LogP contribution in [-0.2, 0) is 5.88 Å². The van der Waals surface area contributed by atoms with Crippen molar-refractivity contribution in [2.24, 2.45) is 0 Å². The summed E-state index contributed by atoms with van der Waals surface area (Å²) in [5.74, 6) is 4.46. The lowest BCUT2D eigenvalue weighted by molar-refractivity contribution is 0.419. The monoisotopic (exact) mass is 312 g/mol. The molecule has 0 bridgehead atoms. The van der Waals surface area contributed by atoms with Crippen LogP contribution in [0.5, 0.6) is 5.75 Å². The molecule has 110 valence electrons. The summed E-state index contributed by atoms with van der Waals surface area (Å²) in [5.41, 5.74) is 2.01. The lowest BCUT2D eigenvalue weighted by Crippen LogP contribution is -2.09. The van der Waals surface area contributed by atoms with E-state index in [2.05, 4.69) is 29.5 Å². The maximum Gasteiger partial charge on any atom is 0.146 e. The number of aromatic nitrogens is 2. The van der Waals surface area contributed by atoms with E-state index < -0.39 is 0 Å². The van der Waals surface area contributed by atoms with Crippen LogP contribution in [0, 0.1) is 0 Å². The summed E-state index contributed by atoms with van der Waals surface area (Å²) in [4.78, 5) is 4.65. The van der Waals surface area contributed by atoms with Crippen molar-refractivity contribution >= 4 is 34.4 Å². The number of hydrogen-bond acceptors (Lipinski definition) is 3. The standard InChI is InChI=1S/C15H21ClN2OS/c1-4-20-9-8-11(2)18-12-6-5-7-13(19-3)15(12)17-14(18)10-16/h5-7,11H,4,8-10H2,1-3H3. The van der Waals surface area contributed by atoms with Gasteiger partial charge in [-0.2, -0.15) is 11.8 Å². The van der Waals surface area contributed by atoms with Gasteiger partial charge < -0.3 is 9.30 Å². The average molecular weight is 313 g/mol. The third-order valence-electron chi connectivity index (χ3n) is 3.42. The molecule has 0 aliphatic rings. The van der Waals surface area contributed by atoms with Gasteiger partial charge in [-0.05, 0) is 37.0 Å². The molecule has 0 amide bonds. The predicted molar refractivity (Wildman–Crippen MR) is 88.2 cm³/mol. The van der Waals surface area contributed by atoms with Crippen LogP contribution in [0.1, 0.15) is 32.1 Å². The fourth-order valence-corrected chi connectivity index (χ4v) is 3.40. The molecular formula is C15H21ClN2OS. The van der Waals surface area contributed by atoms with Crippen LogP contribution in [0.3, 0.4) is 0 Å². The smallest absolute Gasteiger partial charge is 0.146 e. The first-order chi connectivity index (χ1) is 9.72. The quantitative estimate of drug-likeness (QED) is 0.557. The van der Waals surface area contributed by atoms with Crippen LogP contribution >= 0.6 is 23.4 Å². The molecule has 2 aromatic rings. The van der Waals surface area contributed by atoms with Gasteiger partial charge in [-0.25, -0.2) is 4.98 Å².